The fraction of sp³-hybridized carbons (Fsp3) is 0.778. The predicted octanol–water partition coefficient (Wildman–Crippen LogP) is 1.62. The summed E-state index contributed by atoms with van der Waals surface area (Å²) in [6, 6.07) is 0. The Bertz CT molecular complexity index is 370. The zero-order valence-electron chi connectivity index (χ0n) is 8.49. The van der Waals surface area contributed by atoms with E-state index in [-0.39, 0.29) is 0 Å². The second-order valence-corrected chi connectivity index (χ2v) is 4.26. The first kappa shape index (κ1) is 9.86. The number of nitrogens with zero attached hydrogens (tertiary/aromatic N) is 2. The lowest BCUT2D eigenvalue weighted by Gasteiger charge is -2.26. The molecule has 0 spiro atoms. The summed E-state index contributed by atoms with van der Waals surface area (Å²) in [5.41, 5.74) is 0. The quantitative estimate of drug-likeness (QED) is 0.721. The highest BCUT2D eigenvalue weighted by Crippen LogP contribution is 2.29. The molecule has 1 aliphatic rings. The molecular formula is C9H15N3OS. The van der Waals surface area contributed by atoms with E-state index in [1.54, 1.807) is 4.68 Å². The Morgan fingerprint density at radius 2 is 2.43 bits per heavy atom. The second kappa shape index (κ2) is 3.82. The molecule has 1 aliphatic heterocycles. The van der Waals surface area contributed by atoms with Crippen molar-refractivity contribution in [1.82, 2.24) is 14.8 Å². The average molecular weight is 213 g/mol. The Hall–Kier alpha value is -0.680. The van der Waals surface area contributed by atoms with Gasteiger partial charge >= 0.3 is 0 Å². The van der Waals surface area contributed by atoms with Crippen molar-refractivity contribution in [3.8, 4) is 0 Å². The summed E-state index contributed by atoms with van der Waals surface area (Å²) < 4.78 is 7.80. The molecule has 5 heteroatoms. The van der Waals surface area contributed by atoms with Crippen LogP contribution in [0.25, 0.3) is 0 Å². The molecule has 0 aliphatic carbocycles. The van der Waals surface area contributed by atoms with E-state index in [0.717, 1.165) is 25.5 Å². The van der Waals surface area contributed by atoms with E-state index in [1.807, 2.05) is 7.05 Å². The first-order valence-corrected chi connectivity index (χ1v) is 5.30. The molecule has 1 aromatic heterocycles. The van der Waals surface area contributed by atoms with E-state index in [4.69, 9.17) is 17.0 Å². The second-order valence-electron chi connectivity index (χ2n) is 3.90. The van der Waals surface area contributed by atoms with Crippen molar-refractivity contribution in [2.45, 2.75) is 19.3 Å². The molecule has 78 valence electrons. The van der Waals surface area contributed by atoms with Crippen molar-refractivity contribution in [1.29, 1.82) is 0 Å². The normalized spacial score (nSPS) is 27.9. The Labute approximate surface area is 88.3 Å². The first-order chi connectivity index (χ1) is 6.68. The summed E-state index contributed by atoms with van der Waals surface area (Å²) in [5.74, 6) is 1.99. The molecule has 4 nitrogen and oxygen atoms in total. The summed E-state index contributed by atoms with van der Waals surface area (Å²) in [5, 5.41) is 3.19. The molecule has 1 saturated heterocycles. The van der Waals surface area contributed by atoms with Crippen LogP contribution in [0, 0.1) is 10.7 Å². The standard InChI is InChI=1S/C9H15N3OS/c1-6-5-13-4-3-7(6)8-10-9(14)12(2)11-8/h6-7H,3-5H2,1-2H3,(H,10,11,14). The third-order valence-corrected chi connectivity index (χ3v) is 3.14. The van der Waals surface area contributed by atoms with Gasteiger partial charge in [-0.15, -0.1) is 0 Å². The molecule has 14 heavy (non-hydrogen) atoms. The van der Waals surface area contributed by atoms with Gasteiger partial charge < -0.3 is 4.74 Å². The number of H-pyrrole nitrogens is 1. The maximum absolute atomic E-state index is 5.40. The van der Waals surface area contributed by atoms with E-state index in [1.165, 1.54) is 0 Å². The predicted molar refractivity (Wildman–Crippen MR) is 55.7 cm³/mol. The molecule has 1 aromatic rings. The van der Waals surface area contributed by atoms with Crippen molar-refractivity contribution < 1.29 is 4.74 Å². The van der Waals surface area contributed by atoms with Gasteiger partial charge in [0, 0.05) is 26.2 Å². The molecule has 2 unspecified atom stereocenters. The number of aromatic nitrogens is 3. The van der Waals surface area contributed by atoms with Crippen LogP contribution in [0.4, 0.5) is 0 Å². The average Bonchev–Trinajstić information content (AvgIpc) is 2.48. The van der Waals surface area contributed by atoms with Gasteiger partial charge in [-0.3, -0.25) is 9.78 Å². The number of hydrogen-bond acceptors (Lipinski definition) is 3. The Morgan fingerprint density at radius 1 is 1.64 bits per heavy atom. The minimum Gasteiger partial charge on any atom is -0.381 e. The van der Waals surface area contributed by atoms with Crippen LogP contribution >= 0.6 is 12.2 Å². The van der Waals surface area contributed by atoms with Gasteiger partial charge in [0.2, 0.25) is 4.77 Å². The molecule has 0 aromatic carbocycles. The molecule has 2 heterocycles. The number of aromatic amines is 1. The molecule has 1 fully saturated rings. The topological polar surface area (TPSA) is 42.8 Å². The van der Waals surface area contributed by atoms with Crippen LogP contribution < -0.4 is 0 Å². The smallest absolute Gasteiger partial charge is 0.215 e. The molecule has 2 rings (SSSR count). The highest BCUT2D eigenvalue weighted by atomic mass is 32.1. The van der Waals surface area contributed by atoms with Crippen LogP contribution in [-0.2, 0) is 11.8 Å². The number of hydrogen-bond donors (Lipinski definition) is 1. The van der Waals surface area contributed by atoms with E-state index >= 15 is 0 Å². The van der Waals surface area contributed by atoms with Gasteiger partial charge in [-0.05, 0) is 24.6 Å². The SMILES string of the molecule is CC1COCCC1c1nc(=S)n(C)[nH]1. The van der Waals surface area contributed by atoms with Crippen LogP contribution in [-0.4, -0.2) is 28.0 Å². The van der Waals surface area contributed by atoms with Gasteiger partial charge in [-0.2, -0.15) is 0 Å². The molecule has 0 bridgehead atoms. The highest BCUT2D eigenvalue weighted by molar-refractivity contribution is 7.71. The zero-order valence-corrected chi connectivity index (χ0v) is 9.30. The molecule has 1 N–H and O–H groups in total. The van der Waals surface area contributed by atoms with Crippen LogP contribution in [0.15, 0.2) is 0 Å². The summed E-state index contributed by atoms with van der Waals surface area (Å²) in [6.07, 6.45) is 1.03. The number of nitrogens with one attached hydrogen (secondary N) is 1. The van der Waals surface area contributed by atoms with Crippen molar-refractivity contribution >= 4 is 12.2 Å². The lowest BCUT2D eigenvalue weighted by Crippen LogP contribution is -2.24. The van der Waals surface area contributed by atoms with Crippen molar-refractivity contribution in [2.24, 2.45) is 13.0 Å². The van der Waals surface area contributed by atoms with E-state index in [0.29, 0.717) is 16.6 Å². The van der Waals surface area contributed by atoms with E-state index in [2.05, 4.69) is 17.0 Å². The van der Waals surface area contributed by atoms with Crippen molar-refractivity contribution in [3.05, 3.63) is 10.6 Å². The van der Waals surface area contributed by atoms with Gasteiger partial charge in [-0.25, -0.2) is 4.98 Å². The van der Waals surface area contributed by atoms with Crippen LogP contribution in [0.1, 0.15) is 25.1 Å². The molecule has 2 atom stereocenters. The van der Waals surface area contributed by atoms with Crippen molar-refractivity contribution in [3.63, 3.8) is 0 Å². The highest BCUT2D eigenvalue weighted by Gasteiger charge is 2.25. The fourth-order valence-corrected chi connectivity index (χ4v) is 2.02. The minimum atomic E-state index is 0.464. The monoisotopic (exact) mass is 213 g/mol. The Kier molecular flexibility index (Phi) is 2.69. The van der Waals surface area contributed by atoms with Gasteiger partial charge in [0.1, 0.15) is 5.82 Å². The van der Waals surface area contributed by atoms with Gasteiger partial charge in [0.25, 0.3) is 0 Å². The third kappa shape index (κ3) is 1.74. The molecule has 0 amide bonds. The minimum absolute atomic E-state index is 0.464. The van der Waals surface area contributed by atoms with Crippen molar-refractivity contribution in [2.75, 3.05) is 13.2 Å². The van der Waals surface area contributed by atoms with Crippen LogP contribution in [0.5, 0.6) is 0 Å². The summed E-state index contributed by atoms with van der Waals surface area (Å²) >= 11 is 5.07. The summed E-state index contributed by atoms with van der Waals surface area (Å²) in [7, 11) is 1.89. The maximum Gasteiger partial charge on any atom is 0.215 e. The lowest BCUT2D eigenvalue weighted by molar-refractivity contribution is 0.0452. The summed E-state index contributed by atoms with van der Waals surface area (Å²) in [4.78, 5) is 4.35. The number of aryl methyl sites for hydroxylation is 1. The van der Waals surface area contributed by atoms with E-state index in [9.17, 15) is 0 Å². The largest absolute Gasteiger partial charge is 0.381 e. The first-order valence-electron chi connectivity index (χ1n) is 4.89. The Balaban J connectivity index is 2.24. The van der Waals surface area contributed by atoms with E-state index < -0.39 is 0 Å². The lowest BCUT2D eigenvalue weighted by atomic mass is 9.89. The maximum atomic E-state index is 5.40. The zero-order chi connectivity index (χ0) is 10.1. The van der Waals surface area contributed by atoms with Crippen LogP contribution in [0.3, 0.4) is 0 Å². The summed E-state index contributed by atoms with van der Waals surface area (Å²) in [6.45, 7) is 3.84. The van der Waals surface area contributed by atoms with Crippen LogP contribution in [0.2, 0.25) is 0 Å². The Morgan fingerprint density at radius 3 is 3.00 bits per heavy atom. The fourth-order valence-electron chi connectivity index (χ4n) is 1.87. The van der Waals surface area contributed by atoms with Gasteiger partial charge in [0.05, 0.1) is 0 Å². The third-order valence-electron chi connectivity index (χ3n) is 2.78. The number of rotatable bonds is 1. The number of ether oxygens (including phenoxy) is 1. The molecular weight excluding hydrogens is 198 g/mol. The molecule has 0 radical (unpaired) electrons. The van der Waals surface area contributed by atoms with Gasteiger partial charge in [-0.1, -0.05) is 6.92 Å². The van der Waals surface area contributed by atoms with Gasteiger partial charge in [0.15, 0.2) is 0 Å². The molecule has 0 saturated carbocycles.